The van der Waals surface area contributed by atoms with Crippen molar-refractivity contribution in [3.8, 4) is 0 Å². The number of unbranched alkanes of at least 4 members (excludes halogenated alkanes) is 19. The maximum atomic E-state index is 12.8. The third-order valence-electron chi connectivity index (χ3n) is 13.8. The van der Waals surface area contributed by atoms with Crippen LogP contribution >= 0.6 is 7.82 Å². The summed E-state index contributed by atoms with van der Waals surface area (Å²) >= 11 is 0. The number of hydrogen-bond donors (Lipinski definition) is 2. The van der Waals surface area contributed by atoms with Crippen LogP contribution in [0.15, 0.2) is 182 Å². The fourth-order valence-electron chi connectivity index (χ4n) is 8.81. The van der Waals surface area contributed by atoms with Crippen molar-refractivity contribution in [2.24, 2.45) is 5.73 Å². The largest absolute Gasteiger partial charge is 0.472 e. The van der Waals surface area contributed by atoms with Crippen molar-refractivity contribution in [3.63, 3.8) is 0 Å². The molecule has 3 N–H and O–H groups in total. The lowest BCUT2D eigenvalue weighted by atomic mass is 10.0. The minimum absolute atomic E-state index is 0.0415. The monoisotopic (exact) mass is 1220 g/mol. The average molecular weight is 1220 g/mol. The zero-order valence-corrected chi connectivity index (χ0v) is 55.8. The van der Waals surface area contributed by atoms with Gasteiger partial charge in [0.15, 0.2) is 6.10 Å². The van der Waals surface area contributed by atoms with Crippen LogP contribution in [0.3, 0.4) is 0 Å². The highest BCUT2D eigenvalue weighted by molar-refractivity contribution is 7.47. The van der Waals surface area contributed by atoms with Crippen molar-refractivity contribution < 1.29 is 37.6 Å². The van der Waals surface area contributed by atoms with Crippen molar-refractivity contribution in [1.82, 2.24) is 0 Å². The second-order valence-corrected chi connectivity index (χ2v) is 23.4. The van der Waals surface area contributed by atoms with Gasteiger partial charge in [-0.1, -0.05) is 292 Å². The second-order valence-electron chi connectivity index (χ2n) is 21.9. The fourth-order valence-corrected chi connectivity index (χ4v) is 9.57. The number of hydrogen-bond acceptors (Lipinski definition) is 8. The van der Waals surface area contributed by atoms with E-state index in [1.807, 2.05) is 0 Å². The number of allylic oxidation sites excluding steroid dienone is 30. The van der Waals surface area contributed by atoms with Gasteiger partial charge < -0.3 is 20.1 Å². The van der Waals surface area contributed by atoms with E-state index in [0.29, 0.717) is 6.42 Å². The third kappa shape index (κ3) is 70.1. The predicted octanol–water partition coefficient (Wildman–Crippen LogP) is 22.7. The van der Waals surface area contributed by atoms with Gasteiger partial charge in [-0.05, 0) is 135 Å². The minimum atomic E-state index is -4.41. The molecule has 0 radical (unpaired) electrons. The number of esters is 2. The van der Waals surface area contributed by atoms with E-state index in [0.717, 1.165) is 161 Å². The maximum absolute atomic E-state index is 12.8. The highest BCUT2D eigenvalue weighted by atomic mass is 31.2. The first kappa shape index (κ1) is 82.1. The van der Waals surface area contributed by atoms with Gasteiger partial charge in [-0.2, -0.15) is 0 Å². The first-order chi connectivity index (χ1) is 42.8. The SMILES string of the molecule is CC/C=C\C/C=C\C/C=C\C/C=C\C/C=C\C/C=C\C/C=C\C/C=C\C/C=C\C/C=C\CCCCCCCCC(=O)OC(COC(=O)CCCCCCCCCCCCCCC/C=C\C/C=C\C/C=C\C/C=C\C/C=C\CC)COP(=O)(O)OCCN. The Balaban J connectivity index is 4.01. The molecule has 0 amide bonds. The van der Waals surface area contributed by atoms with Crippen molar-refractivity contribution in [1.29, 1.82) is 0 Å². The van der Waals surface area contributed by atoms with Crippen LogP contribution in [0.4, 0.5) is 0 Å². The summed E-state index contributed by atoms with van der Waals surface area (Å²) in [4.78, 5) is 35.4. The molecule has 2 unspecified atom stereocenters. The minimum Gasteiger partial charge on any atom is -0.462 e. The molecule has 0 aliphatic rings. The Labute approximate surface area is 533 Å². The van der Waals surface area contributed by atoms with Crippen LogP contribution in [0.25, 0.3) is 0 Å². The van der Waals surface area contributed by atoms with Crippen LogP contribution in [-0.4, -0.2) is 49.3 Å². The van der Waals surface area contributed by atoms with Crippen molar-refractivity contribution in [2.75, 3.05) is 26.4 Å². The molecule has 0 saturated carbocycles. The van der Waals surface area contributed by atoms with E-state index in [1.54, 1.807) is 0 Å². The topological polar surface area (TPSA) is 134 Å². The molecule has 2 atom stereocenters. The first-order valence-corrected chi connectivity index (χ1v) is 35.8. The van der Waals surface area contributed by atoms with Crippen molar-refractivity contribution >= 4 is 19.8 Å². The number of ether oxygens (including phenoxy) is 2. The molecule has 10 heteroatoms. The molecule has 0 rings (SSSR count). The van der Waals surface area contributed by atoms with E-state index in [4.69, 9.17) is 24.3 Å². The summed E-state index contributed by atoms with van der Waals surface area (Å²) in [6.07, 6.45) is 105. The Morgan fingerprint density at radius 1 is 0.345 bits per heavy atom. The lowest BCUT2D eigenvalue weighted by Gasteiger charge is -2.19. The number of rotatable bonds is 62. The standard InChI is InChI=1S/C77H124NO8P/c1-3-5-7-9-11-13-15-17-19-21-23-25-27-29-31-33-34-35-36-37-38-39-40-42-44-46-48-50-52-54-56-58-60-62-64-66-68-70-77(80)86-75(74-85-87(81,82)84-72-71-78)73-83-76(79)69-67-65-63-61-59-57-55-53-51-49-47-45-43-41-32-30-28-26-24-22-20-18-16-14-12-10-8-6-4-2/h5-8,11-14,17-20,23-26,29-32,34-35,37-38,40,42,46,48,52,54,75H,3-4,9-10,15-16,21-22,27-28,33,36,39,41,43-45,47,49-51,53,55-74,78H2,1-2H3,(H,81,82)/b7-5-,8-6-,13-11-,14-12-,19-17-,20-18-,25-23-,26-24-,31-29-,32-30-,35-34-,38-37-,42-40-,48-46-,54-52-. The van der Waals surface area contributed by atoms with E-state index < -0.39 is 32.5 Å². The van der Waals surface area contributed by atoms with Crippen LogP contribution in [0, 0.1) is 0 Å². The van der Waals surface area contributed by atoms with E-state index in [9.17, 15) is 19.0 Å². The number of carbonyl (C=O) groups is 2. The summed E-state index contributed by atoms with van der Waals surface area (Å²) in [5.74, 6) is -0.856. The van der Waals surface area contributed by atoms with Gasteiger partial charge in [-0.3, -0.25) is 18.6 Å². The number of nitrogens with two attached hydrogens (primary N) is 1. The van der Waals surface area contributed by atoms with Crippen molar-refractivity contribution in [2.45, 2.75) is 264 Å². The van der Waals surface area contributed by atoms with E-state index in [2.05, 4.69) is 196 Å². The summed E-state index contributed by atoms with van der Waals surface area (Å²) in [6, 6.07) is 0. The summed E-state index contributed by atoms with van der Waals surface area (Å²) in [5.41, 5.74) is 5.40. The maximum Gasteiger partial charge on any atom is 0.472 e. The normalized spacial score (nSPS) is 14.1. The molecule has 0 spiro atoms. The molecule has 0 bridgehead atoms. The van der Waals surface area contributed by atoms with E-state index in [1.165, 1.54) is 64.2 Å². The highest BCUT2D eigenvalue weighted by Gasteiger charge is 2.26. The molecule has 9 nitrogen and oxygen atoms in total. The molecule has 0 fully saturated rings. The lowest BCUT2D eigenvalue weighted by Crippen LogP contribution is -2.29. The Kier molecular flexibility index (Phi) is 66.3. The van der Waals surface area contributed by atoms with E-state index in [-0.39, 0.29) is 32.6 Å². The van der Waals surface area contributed by atoms with Gasteiger partial charge in [0.2, 0.25) is 0 Å². The molecule has 87 heavy (non-hydrogen) atoms. The fraction of sp³-hybridized carbons (Fsp3) is 0.584. The number of carbonyl (C=O) groups excluding carboxylic acids is 2. The highest BCUT2D eigenvalue weighted by Crippen LogP contribution is 2.43. The lowest BCUT2D eigenvalue weighted by molar-refractivity contribution is -0.161. The van der Waals surface area contributed by atoms with Crippen LogP contribution in [0.1, 0.15) is 258 Å². The Bertz CT molecular complexity index is 2080. The third-order valence-corrected chi connectivity index (χ3v) is 14.8. The summed E-state index contributed by atoms with van der Waals surface area (Å²) in [7, 11) is -4.41. The van der Waals surface area contributed by atoms with Gasteiger partial charge in [-0.15, -0.1) is 0 Å². The van der Waals surface area contributed by atoms with Gasteiger partial charge in [0.05, 0.1) is 13.2 Å². The van der Waals surface area contributed by atoms with Gasteiger partial charge in [0.1, 0.15) is 6.61 Å². The molecule has 0 aromatic heterocycles. The summed E-state index contributed by atoms with van der Waals surface area (Å²) < 4.78 is 33.1. The second kappa shape index (κ2) is 70.2. The van der Waals surface area contributed by atoms with Gasteiger partial charge in [-0.25, -0.2) is 4.57 Å². The number of phosphoric ester groups is 1. The smallest absolute Gasteiger partial charge is 0.462 e. The Hall–Kier alpha value is -4.89. The summed E-state index contributed by atoms with van der Waals surface area (Å²) in [6.45, 7) is 3.49. The molecule has 0 aliphatic carbocycles. The van der Waals surface area contributed by atoms with E-state index >= 15 is 0 Å². The van der Waals surface area contributed by atoms with Gasteiger partial charge in [0, 0.05) is 19.4 Å². The Morgan fingerprint density at radius 2 is 0.598 bits per heavy atom. The molecular formula is C77H124NO8P. The average Bonchev–Trinajstić information content (AvgIpc) is 3.65. The van der Waals surface area contributed by atoms with Gasteiger partial charge in [0.25, 0.3) is 0 Å². The molecule has 0 saturated heterocycles. The molecule has 0 aromatic rings. The van der Waals surface area contributed by atoms with Crippen LogP contribution < -0.4 is 5.73 Å². The predicted molar refractivity (Wildman–Crippen MR) is 376 cm³/mol. The van der Waals surface area contributed by atoms with Crippen LogP contribution in [0.5, 0.6) is 0 Å². The first-order valence-electron chi connectivity index (χ1n) is 34.3. The van der Waals surface area contributed by atoms with Crippen LogP contribution in [-0.2, 0) is 32.7 Å². The zero-order valence-electron chi connectivity index (χ0n) is 54.9. The zero-order chi connectivity index (χ0) is 63.0. The molecule has 0 aliphatic heterocycles. The van der Waals surface area contributed by atoms with Gasteiger partial charge >= 0.3 is 19.8 Å². The Morgan fingerprint density at radius 3 is 0.885 bits per heavy atom. The van der Waals surface area contributed by atoms with Crippen LogP contribution in [0.2, 0.25) is 0 Å². The molecule has 490 valence electrons. The van der Waals surface area contributed by atoms with Crippen molar-refractivity contribution in [3.05, 3.63) is 182 Å². The summed E-state index contributed by atoms with van der Waals surface area (Å²) in [5, 5.41) is 0. The molecule has 0 aromatic carbocycles. The molecule has 0 heterocycles. The number of phosphoric acid groups is 1. The quantitative estimate of drug-likeness (QED) is 0.0264. The molecular weight excluding hydrogens is 1100 g/mol.